The molecule has 38 heavy (non-hydrogen) atoms. The van der Waals surface area contributed by atoms with Crippen molar-refractivity contribution in [1.29, 1.82) is 0 Å². The summed E-state index contributed by atoms with van der Waals surface area (Å²) in [5.41, 5.74) is 1.99. The van der Waals surface area contributed by atoms with E-state index in [1.54, 1.807) is 35.4 Å². The second-order valence-corrected chi connectivity index (χ2v) is 11.4. The minimum Gasteiger partial charge on any atom is -0.496 e. The predicted octanol–water partition coefficient (Wildman–Crippen LogP) is 4.65. The van der Waals surface area contributed by atoms with Gasteiger partial charge in [-0.25, -0.2) is 4.98 Å². The second-order valence-electron chi connectivity index (χ2n) is 8.96. The smallest absolute Gasteiger partial charge is 0.310 e. The van der Waals surface area contributed by atoms with Crippen LogP contribution in [0, 0.1) is 5.92 Å². The molecule has 1 aromatic heterocycles. The number of benzene rings is 2. The lowest BCUT2D eigenvalue weighted by atomic mass is 9.97. The summed E-state index contributed by atoms with van der Waals surface area (Å²) in [7, 11) is 6.78. The number of anilines is 2. The van der Waals surface area contributed by atoms with E-state index >= 15 is 0 Å². The number of piperidine rings is 1. The van der Waals surface area contributed by atoms with Crippen LogP contribution in [0.4, 0.5) is 10.8 Å². The van der Waals surface area contributed by atoms with Gasteiger partial charge in [0.25, 0.3) is 11.8 Å². The normalized spacial score (nSPS) is 15.1. The molecule has 4 rings (SSSR count). The van der Waals surface area contributed by atoms with Crippen molar-refractivity contribution in [2.45, 2.75) is 21.9 Å². The zero-order valence-corrected chi connectivity index (χ0v) is 23.4. The highest BCUT2D eigenvalue weighted by atomic mass is 32.2. The standard InChI is InChI=1S/C27H30N4O5S2/c1-30(2)19-9-7-17(8-10-19)24(32)29-27-28-15-23(38-27)37-20-11-12-22(35-3)21(14-20)25(33)31-13-5-6-18(16-31)26(34)36-4/h7-12,14-15,18H,5-6,13,16H2,1-4H3,(H,28,29,32). The number of nitrogens with one attached hydrogen (secondary N) is 1. The first-order chi connectivity index (χ1) is 18.3. The van der Waals surface area contributed by atoms with Crippen molar-refractivity contribution < 1.29 is 23.9 Å². The summed E-state index contributed by atoms with van der Waals surface area (Å²) in [4.78, 5) is 46.9. The summed E-state index contributed by atoms with van der Waals surface area (Å²) in [6.07, 6.45) is 3.13. The number of methoxy groups -OCH3 is 2. The van der Waals surface area contributed by atoms with Crippen molar-refractivity contribution in [2.24, 2.45) is 5.92 Å². The minimum absolute atomic E-state index is 0.185. The average molecular weight is 555 g/mol. The van der Waals surface area contributed by atoms with Gasteiger partial charge >= 0.3 is 5.97 Å². The molecule has 1 saturated heterocycles. The summed E-state index contributed by atoms with van der Waals surface area (Å²) in [5, 5.41) is 3.33. The second kappa shape index (κ2) is 12.3. The van der Waals surface area contributed by atoms with Crippen molar-refractivity contribution in [3.63, 3.8) is 0 Å². The Morgan fingerprint density at radius 2 is 1.89 bits per heavy atom. The summed E-state index contributed by atoms with van der Waals surface area (Å²) >= 11 is 2.79. The molecule has 0 spiro atoms. The molecule has 200 valence electrons. The summed E-state index contributed by atoms with van der Waals surface area (Å²) in [5.74, 6) is -0.562. The van der Waals surface area contributed by atoms with Crippen LogP contribution in [0.5, 0.6) is 5.75 Å². The Morgan fingerprint density at radius 3 is 2.58 bits per heavy atom. The highest BCUT2D eigenvalue weighted by Gasteiger charge is 2.30. The van der Waals surface area contributed by atoms with E-state index in [0.29, 0.717) is 41.5 Å². The van der Waals surface area contributed by atoms with Gasteiger partial charge in [-0.05, 0) is 55.3 Å². The Labute approximate surface area is 230 Å². The number of nitrogens with zero attached hydrogens (tertiary/aromatic N) is 3. The van der Waals surface area contributed by atoms with Crippen LogP contribution < -0.4 is 15.0 Å². The monoisotopic (exact) mass is 554 g/mol. The number of thiazole rings is 1. The Kier molecular flexibility index (Phi) is 8.90. The van der Waals surface area contributed by atoms with Gasteiger partial charge in [0.1, 0.15) is 5.75 Å². The Hall–Kier alpha value is -3.57. The fourth-order valence-electron chi connectivity index (χ4n) is 4.17. The number of esters is 1. The van der Waals surface area contributed by atoms with E-state index < -0.39 is 0 Å². The lowest BCUT2D eigenvalue weighted by molar-refractivity contribution is -0.146. The molecule has 1 unspecified atom stereocenters. The molecule has 9 nitrogen and oxygen atoms in total. The quantitative estimate of drug-likeness (QED) is 0.402. The van der Waals surface area contributed by atoms with Crippen molar-refractivity contribution in [1.82, 2.24) is 9.88 Å². The maximum atomic E-state index is 13.4. The lowest BCUT2D eigenvalue weighted by Gasteiger charge is -2.31. The zero-order valence-electron chi connectivity index (χ0n) is 21.7. The molecule has 1 fully saturated rings. The van der Waals surface area contributed by atoms with Crippen LogP contribution >= 0.6 is 23.1 Å². The largest absolute Gasteiger partial charge is 0.496 e. The number of carbonyl (C=O) groups is 3. The molecule has 1 N–H and O–H groups in total. The number of ether oxygens (including phenoxy) is 2. The first kappa shape index (κ1) is 27.5. The SMILES string of the molecule is COC(=O)C1CCCN(C(=O)c2cc(Sc3cnc(NC(=O)c4ccc(N(C)C)cc4)s3)ccc2OC)C1. The van der Waals surface area contributed by atoms with E-state index in [9.17, 15) is 14.4 Å². The first-order valence-electron chi connectivity index (χ1n) is 12.1. The molecule has 1 aliphatic heterocycles. The minimum atomic E-state index is -0.321. The molecule has 1 atom stereocenters. The van der Waals surface area contributed by atoms with Crippen LogP contribution in [0.3, 0.4) is 0 Å². The number of hydrogen-bond donors (Lipinski definition) is 1. The van der Waals surface area contributed by atoms with E-state index in [1.165, 1.54) is 37.3 Å². The third-order valence-electron chi connectivity index (χ3n) is 6.21. The number of aromatic nitrogens is 1. The van der Waals surface area contributed by atoms with Crippen molar-refractivity contribution in [2.75, 3.05) is 51.6 Å². The van der Waals surface area contributed by atoms with Gasteiger partial charge in [-0.2, -0.15) is 0 Å². The molecule has 3 aromatic rings. The van der Waals surface area contributed by atoms with Crippen LogP contribution in [0.2, 0.25) is 0 Å². The maximum Gasteiger partial charge on any atom is 0.310 e. The van der Waals surface area contributed by atoms with Gasteiger partial charge in [-0.15, -0.1) is 0 Å². The van der Waals surface area contributed by atoms with Crippen LogP contribution in [0.1, 0.15) is 33.6 Å². The molecule has 2 heterocycles. The predicted molar refractivity (Wildman–Crippen MR) is 149 cm³/mol. The van der Waals surface area contributed by atoms with Gasteiger partial charge in [0, 0.05) is 43.3 Å². The van der Waals surface area contributed by atoms with Crippen molar-refractivity contribution in [3.8, 4) is 5.75 Å². The Balaban J connectivity index is 1.44. The molecule has 11 heteroatoms. The summed E-state index contributed by atoms with van der Waals surface area (Å²) < 4.78 is 11.2. The maximum absolute atomic E-state index is 13.4. The number of carbonyl (C=O) groups excluding carboxylic acids is 3. The molecule has 0 aliphatic carbocycles. The number of amides is 2. The third-order valence-corrected chi connectivity index (χ3v) is 8.22. The van der Waals surface area contributed by atoms with E-state index in [4.69, 9.17) is 9.47 Å². The molecule has 2 amide bonds. The molecule has 0 radical (unpaired) electrons. The third kappa shape index (κ3) is 6.46. The molecule has 2 aromatic carbocycles. The fraction of sp³-hybridized carbons (Fsp3) is 0.333. The van der Waals surface area contributed by atoms with Crippen LogP contribution in [0.25, 0.3) is 0 Å². The van der Waals surface area contributed by atoms with Gasteiger partial charge < -0.3 is 19.3 Å². The van der Waals surface area contributed by atoms with E-state index in [2.05, 4.69) is 10.3 Å². The number of hydrogen-bond acceptors (Lipinski definition) is 9. The Bertz CT molecular complexity index is 1310. The highest BCUT2D eigenvalue weighted by molar-refractivity contribution is 8.01. The van der Waals surface area contributed by atoms with Gasteiger partial charge in [-0.3, -0.25) is 19.7 Å². The molecular formula is C27H30N4O5S2. The fourth-order valence-corrected chi connectivity index (χ4v) is 6.06. The Morgan fingerprint density at radius 1 is 1.13 bits per heavy atom. The van der Waals surface area contributed by atoms with E-state index in [0.717, 1.165) is 21.2 Å². The zero-order chi connectivity index (χ0) is 27.2. The van der Waals surface area contributed by atoms with Crippen LogP contribution in [0.15, 0.2) is 57.8 Å². The molecular weight excluding hydrogens is 524 g/mol. The molecule has 0 saturated carbocycles. The van der Waals surface area contributed by atoms with Gasteiger partial charge in [0.15, 0.2) is 5.13 Å². The van der Waals surface area contributed by atoms with Crippen molar-refractivity contribution in [3.05, 3.63) is 59.8 Å². The molecule has 0 bridgehead atoms. The van der Waals surface area contributed by atoms with Crippen molar-refractivity contribution >= 4 is 51.7 Å². The lowest BCUT2D eigenvalue weighted by Crippen LogP contribution is -2.42. The topological polar surface area (TPSA) is 101 Å². The van der Waals surface area contributed by atoms with Crippen LogP contribution in [-0.2, 0) is 9.53 Å². The van der Waals surface area contributed by atoms with Gasteiger partial charge in [-0.1, -0.05) is 23.1 Å². The number of rotatable bonds is 8. The van der Waals surface area contributed by atoms with E-state index in [1.807, 2.05) is 37.2 Å². The van der Waals surface area contributed by atoms with Gasteiger partial charge in [0.05, 0.1) is 36.1 Å². The van der Waals surface area contributed by atoms with E-state index in [-0.39, 0.29) is 23.7 Å². The molecule has 1 aliphatic rings. The number of likely N-dealkylation sites (tertiary alicyclic amines) is 1. The van der Waals surface area contributed by atoms with Gasteiger partial charge in [0.2, 0.25) is 0 Å². The van der Waals surface area contributed by atoms with Crippen LogP contribution in [-0.4, -0.2) is 69.1 Å². The summed E-state index contributed by atoms with van der Waals surface area (Å²) in [6, 6.07) is 12.8. The average Bonchev–Trinajstić information content (AvgIpc) is 3.38. The summed E-state index contributed by atoms with van der Waals surface area (Å²) in [6.45, 7) is 0.893. The first-order valence-corrected chi connectivity index (χ1v) is 13.7. The highest BCUT2D eigenvalue weighted by Crippen LogP contribution is 2.36.